The lowest BCUT2D eigenvalue weighted by Gasteiger charge is -2.27. The summed E-state index contributed by atoms with van der Waals surface area (Å²) in [5, 5.41) is 7.88. The number of nitrogens with zero attached hydrogens (tertiary/aromatic N) is 3. The van der Waals surface area contributed by atoms with Crippen LogP contribution in [0.2, 0.25) is 0 Å². The van der Waals surface area contributed by atoms with Crippen LogP contribution in [0.3, 0.4) is 0 Å². The van der Waals surface area contributed by atoms with Gasteiger partial charge in [0.25, 0.3) is 0 Å². The van der Waals surface area contributed by atoms with E-state index >= 15 is 0 Å². The van der Waals surface area contributed by atoms with Crippen LogP contribution in [-0.2, 0) is 13.5 Å². The first-order valence-electron chi connectivity index (χ1n) is 11.4. The molecule has 8 heteroatoms. The maximum Gasteiger partial charge on any atom is 0.130 e. The Hall–Kier alpha value is -2.21. The van der Waals surface area contributed by atoms with Crippen molar-refractivity contribution in [2.45, 2.75) is 63.4 Å². The Labute approximate surface area is 193 Å². The molecule has 32 heavy (non-hydrogen) atoms. The van der Waals surface area contributed by atoms with E-state index in [9.17, 15) is 0 Å². The van der Waals surface area contributed by atoms with Crippen molar-refractivity contribution in [2.24, 2.45) is 17.8 Å². The van der Waals surface area contributed by atoms with E-state index in [2.05, 4.69) is 22.3 Å². The summed E-state index contributed by atoms with van der Waals surface area (Å²) in [4.78, 5) is 4.82. The van der Waals surface area contributed by atoms with Crippen molar-refractivity contribution in [3.05, 3.63) is 53.5 Å². The van der Waals surface area contributed by atoms with Crippen molar-refractivity contribution >= 4 is 20.1 Å². The highest BCUT2D eigenvalue weighted by atomic mass is 31.1. The molecule has 1 fully saturated rings. The molecule has 0 bridgehead atoms. The Bertz CT molecular complexity index is 900. The molecule has 0 saturated heterocycles. The van der Waals surface area contributed by atoms with Crippen LogP contribution in [0.15, 0.2) is 47.3 Å². The van der Waals surface area contributed by atoms with Crippen LogP contribution < -0.4 is 21.5 Å². The van der Waals surface area contributed by atoms with Crippen molar-refractivity contribution < 1.29 is 4.74 Å². The topological polar surface area (TPSA) is 103 Å². The molecule has 3 unspecified atom stereocenters. The minimum Gasteiger partial charge on any atom is -0.497 e. The van der Waals surface area contributed by atoms with Gasteiger partial charge >= 0.3 is 0 Å². The van der Waals surface area contributed by atoms with Gasteiger partial charge in [0.05, 0.1) is 24.6 Å². The molecule has 4 rings (SSSR count). The second-order valence-corrected chi connectivity index (χ2v) is 9.73. The van der Waals surface area contributed by atoms with Gasteiger partial charge in [-0.3, -0.25) is 15.0 Å². The van der Waals surface area contributed by atoms with Gasteiger partial charge in [-0.15, -0.1) is 0 Å². The predicted octanol–water partition coefficient (Wildman–Crippen LogP) is 3.79. The van der Waals surface area contributed by atoms with Crippen LogP contribution in [0.4, 0.5) is 5.82 Å². The number of aryl methyl sites for hydroxylation is 1. The SMILES string of the molecule is COc1ccc(CC(C)N)cc1.Cn1ncc(C2=NC(NC3CCCCC3)PC=C2)c1N. The zero-order chi connectivity index (χ0) is 22.9. The zero-order valence-electron chi connectivity index (χ0n) is 19.4. The number of allylic oxidation sites excluding steroid dienone is 1. The first-order valence-corrected chi connectivity index (χ1v) is 12.5. The van der Waals surface area contributed by atoms with Gasteiger partial charge in [-0.25, -0.2) is 0 Å². The number of hydrogen-bond acceptors (Lipinski definition) is 6. The highest BCUT2D eigenvalue weighted by Crippen LogP contribution is 2.29. The Morgan fingerprint density at radius 2 is 1.94 bits per heavy atom. The number of anilines is 1. The minimum absolute atomic E-state index is 0.206. The number of benzene rings is 1. The van der Waals surface area contributed by atoms with E-state index in [1.165, 1.54) is 37.7 Å². The number of nitrogen functional groups attached to an aromatic ring is 1. The second-order valence-electron chi connectivity index (χ2n) is 8.52. The molecule has 1 aliphatic heterocycles. The fourth-order valence-corrected chi connectivity index (χ4v) is 4.93. The smallest absolute Gasteiger partial charge is 0.130 e. The third-order valence-corrected chi connectivity index (χ3v) is 6.71. The number of methoxy groups -OCH3 is 1. The van der Waals surface area contributed by atoms with Crippen LogP contribution in [0, 0.1) is 0 Å². The quantitative estimate of drug-likeness (QED) is 0.574. The van der Waals surface area contributed by atoms with E-state index in [4.69, 9.17) is 21.2 Å². The van der Waals surface area contributed by atoms with E-state index in [0.717, 1.165) is 23.4 Å². The molecule has 5 N–H and O–H groups in total. The molecule has 0 spiro atoms. The van der Waals surface area contributed by atoms with Crippen molar-refractivity contribution in [3.63, 3.8) is 0 Å². The van der Waals surface area contributed by atoms with E-state index in [1.54, 1.807) is 18.0 Å². The average Bonchev–Trinajstić information content (AvgIpc) is 3.13. The molecule has 2 heterocycles. The monoisotopic (exact) mass is 456 g/mol. The highest BCUT2D eigenvalue weighted by Gasteiger charge is 2.20. The molecule has 0 amide bonds. The number of hydrogen-bond donors (Lipinski definition) is 3. The van der Waals surface area contributed by atoms with Gasteiger partial charge in [-0.05, 0) is 50.0 Å². The lowest BCUT2D eigenvalue weighted by Crippen LogP contribution is -2.37. The van der Waals surface area contributed by atoms with Gasteiger partial charge in [-0.2, -0.15) is 5.10 Å². The van der Waals surface area contributed by atoms with Crippen molar-refractivity contribution in [1.29, 1.82) is 0 Å². The first kappa shape index (κ1) is 24.4. The molecule has 1 aromatic heterocycles. The summed E-state index contributed by atoms with van der Waals surface area (Å²) in [5.41, 5.74) is 14.8. The molecule has 2 aliphatic rings. The lowest BCUT2D eigenvalue weighted by molar-refractivity contribution is 0.369. The number of aromatic nitrogens is 2. The first-order chi connectivity index (χ1) is 15.5. The third kappa shape index (κ3) is 7.16. The van der Waals surface area contributed by atoms with Crippen LogP contribution in [0.1, 0.15) is 50.2 Å². The lowest BCUT2D eigenvalue weighted by atomic mass is 9.96. The molecule has 7 nitrogen and oxygen atoms in total. The summed E-state index contributed by atoms with van der Waals surface area (Å²) in [6.07, 6.45) is 11.4. The summed E-state index contributed by atoms with van der Waals surface area (Å²) in [7, 11) is 4.22. The van der Waals surface area contributed by atoms with Gasteiger partial charge < -0.3 is 16.2 Å². The van der Waals surface area contributed by atoms with Gasteiger partial charge in [0.15, 0.2) is 0 Å². The molecule has 1 aliphatic carbocycles. The fraction of sp³-hybridized carbons (Fsp3) is 0.500. The number of aliphatic imine (C=N–C) groups is 1. The number of rotatable bonds is 6. The largest absolute Gasteiger partial charge is 0.497 e. The minimum atomic E-state index is 0.206. The van der Waals surface area contributed by atoms with Gasteiger partial charge in [0.2, 0.25) is 0 Å². The molecule has 0 radical (unpaired) electrons. The van der Waals surface area contributed by atoms with Crippen LogP contribution in [0.25, 0.3) is 0 Å². The Kier molecular flexibility index (Phi) is 9.27. The van der Waals surface area contributed by atoms with E-state index in [0.29, 0.717) is 20.4 Å². The molecule has 2 aromatic rings. The third-order valence-electron chi connectivity index (χ3n) is 5.74. The van der Waals surface area contributed by atoms with E-state index < -0.39 is 0 Å². The molecule has 3 atom stereocenters. The van der Waals surface area contributed by atoms with E-state index in [-0.39, 0.29) is 11.9 Å². The zero-order valence-corrected chi connectivity index (χ0v) is 20.4. The van der Waals surface area contributed by atoms with Crippen LogP contribution in [0.5, 0.6) is 5.75 Å². The number of ether oxygens (including phenoxy) is 1. The molecular formula is C24H37N6OP. The Balaban J connectivity index is 0.000000207. The summed E-state index contributed by atoms with van der Waals surface area (Å²) in [5.74, 6) is 3.98. The average molecular weight is 457 g/mol. The molecule has 1 saturated carbocycles. The van der Waals surface area contributed by atoms with Gasteiger partial charge in [0.1, 0.15) is 17.5 Å². The Morgan fingerprint density at radius 1 is 1.22 bits per heavy atom. The number of nitrogens with one attached hydrogen (secondary N) is 1. The summed E-state index contributed by atoms with van der Waals surface area (Å²) in [6.45, 7) is 2.00. The molecule has 1 aromatic carbocycles. The fourth-order valence-electron chi connectivity index (χ4n) is 3.95. The van der Waals surface area contributed by atoms with Crippen molar-refractivity contribution in [1.82, 2.24) is 15.1 Å². The summed E-state index contributed by atoms with van der Waals surface area (Å²) < 4.78 is 6.73. The highest BCUT2D eigenvalue weighted by molar-refractivity contribution is 7.42. The van der Waals surface area contributed by atoms with Crippen LogP contribution >= 0.6 is 8.58 Å². The molecular weight excluding hydrogens is 419 g/mol. The summed E-state index contributed by atoms with van der Waals surface area (Å²) >= 11 is 0. The maximum atomic E-state index is 6.03. The summed E-state index contributed by atoms with van der Waals surface area (Å²) in [6, 6.07) is 8.85. The maximum absolute atomic E-state index is 6.03. The normalized spacial score (nSPS) is 20.4. The predicted molar refractivity (Wildman–Crippen MR) is 136 cm³/mol. The molecule has 174 valence electrons. The van der Waals surface area contributed by atoms with Crippen LogP contribution in [-0.4, -0.2) is 40.6 Å². The second kappa shape index (κ2) is 12.1. The van der Waals surface area contributed by atoms with E-state index in [1.807, 2.05) is 38.2 Å². The number of nitrogens with two attached hydrogens (primary N) is 2. The van der Waals surface area contributed by atoms with Gasteiger partial charge in [-0.1, -0.05) is 45.8 Å². The van der Waals surface area contributed by atoms with Gasteiger partial charge in [0, 0.05) is 19.1 Å². The van der Waals surface area contributed by atoms with Crippen molar-refractivity contribution in [2.75, 3.05) is 12.8 Å². The Morgan fingerprint density at radius 3 is 2.53 bits per heavy atom. The van der Waals surface area contributed by atoms with Crippen molar-refractivity contribution in [3.8, 4) is 5.75 Å². The standard InChI is InChI=1S/C14H22N5P.C10H15NO/c1-19-13(15)11(9-16-19)12-7-8-20-14(18-12)17-10-5-3-2-4-6-10;1-8(11)7-9-3-5-10(12-2)6-4-9/h7-10,14,17,20H,2-6,15H2,1H3;3-6,8H,7,11H2,1-2H3.